The van der Waals surface area contributed by atoms with Crippen LogP contribution in [-0.2, 0) is 0 Å². The number of halogens is 5. The molecule has 2 nitrogen and oxygen atoms in total. The largest absolute Gasteiger partial charge is 0.464 e. The molecule has 0 aliphatic rings. The Bertz CT molecular complexity index is 578. The molecule has 18 heavy (non-hydrogen) atoms. The van der Waals surface area contributed by atoms with E-state index in [1.807, 2.05) is 0 Å². The van der Waals surface area contributed by atoms with Gasteiger partial charge >= 0.3 is 11.4 Å². The van der Waals surface area contributed by atoms with Gasteiger partial charge in [0, 0.05) is 4.90 Å². The highest BCUT2D eigenvalue weighted by Crippen LogP contribution is 2.48. The molecule has 2 rings (SSSR count). The second kappa shape index (κ2) is 4.23. The van der Waals surface area contributed by atoms with Crippen LogP contribution in [0.25, 0.3) is 10.2 Å². The first kappa shape index (κ1) is 13.3. The lowest BCUT2D eigenvalue weighted by molar-refractivity contribution is -0.237. The van der Waals surface area contributed by atoms with E-state index in [4.69, 9.17) is 5.73 Å². The van der Waals surface area contributed by atoms with Crippen molar-refractivity contribution < 1.29 is 22.0 Å². The van der Waals surface area contributed by atoms with E-state index in [-0.39, 0.29) is 10.0 Å². The number of nitrogens with two attached hydrogens (primary N) is 1. The summed E-state index contributed by atoms with van der Waals surface area (Å²) in [6.07, 6.45) is -5.58. The van der Waals surface area contributed by atoms with E-state index in [2.05, 4.69) is 4.98 Å². The lowest BCUT2D eigenvalue weighted by Crippen LogP contribution is -2.32. The quantitative estimate of drug-likeness (QED) is 0.669. The molecule has 9 heteroatoms. The maximum atomic E-state index is 12.8. The Morgan fingerprint density at radius 1 is 1.17 bits per heavy atom. The van der Waals surface area contributed by atoms with Gasteiger partial charge in [-0.05, 0) is 30.0 Å². The predicted octanol–water partition coefficient (Wildman–Crippen LogP) is 4.13. The summed E-state index contributed by atoms with van der Waals surface area (Å²) in [5.74, 6) is 0. The lowest BCUT2D eigenvalue weighted by atomic mass is 10.3. The van der Waals surface area contributed by atoms with Gasteiger partial charge in [0.05, 0.1) is 10.2 Å². The molecule has 0 saturated heterocycles. The molecule has 0 fully saturated rings. The first-order valence-electron chi connectivity index (χ1n) is 4.49. The van der Waals surface area contributed by atoms with Gasteiger partial charge in [-0.15, -0.1) is 0 Å². The van der Waals surface area contributed by atoms with E-state index < -0.39 is 23.2 Å². The lowest BCUT2D eigenvalue weighted by Gasteiger charge is -2.18. The third-order valence-corrected chi connectivity index (χ3v) is 3.78. The summed E-state index contributed by atoms with van der Waals surface area (Å²) in [7, 11) is 0. The van der Waals surface area contributed by atoms with Crippen molar-refractivity contribution >= 4 is 38.4 Å². The van der Waals surface area contributed by atoms with Crippen LogP contribution in [-0.4, -0.2) is 16.4 Å². The highest BCUT2D eigenvalue weighted by Gasteiger charge is 2.58. The van der Waals surface area contributed by atoms with Crippen molar-refractivity contribution in [2.45, 2.75) is 16.3 Å². The van der Waals surface area contributed by atoms with Crippen molar-refractivity contribution in [2.75, 3.05) is 5.73 Å². The summed E-state index contributed by atoms with van der Waals surface area (Å²) >= 11 is 0.484. The van der Waals surface area contributed by atoms with Gasteiger partial charge in [-0.2, -0.15) is 22.0 Å². The highest BCUT2D eigenvalue weighted by atomic mass is 32.2. The first-order chi connectivity index (χ1) is 8.19. The molecule has 2 aromatic rings. The SMILES string of the molecule is Nc1nc2ccc(SC(F)(F)C(F)(F)F)cc2s1. The molecule has 0 unspecified atom stereocenters. The molecule has 98 valence electrons. The van der Waals surface area contributed by atoms with Crippen LogP contribution < -0.4 is 5.73 Å². The Labute approximate surface area is 106 Å². The molecular weight excluding hydrogens is 295 g/mol. The number of nitrogens with zero attached hydrogens (tertiary/aromatic N) is 1. The van der Waals surface area contributed by atoms with Gasteiger partial charge in [-0.1, -0.05) is 11.3 Å². The topological polar surface area (TPSA) is 38.9 Å². The molecule has 1 aromatic heterocycles. The van der Waals surface area contributed by atoms with Crippen LogP contribution in [0.4, 0.5) is 27.1 Å². The average molecular weight is 300 g/mol. The van der Waals surface area contributed by atoms with Gasteiger partial charge < -0.3 is 5.73 Å². The molecule has 0 spiro atoms. The fraction of sp³-hybridized carbons (Fsp3) is 0.222. The standard InChI is InChI=1S/C9H5F5N2S2/c10-8(11,12)9(13,14)18-4-1-2-5-6(3-4)17-7(15)16-5/h1-3H,(H2,15,16). The molecule has 0 aliphatic carbocycles. The predicted molar refractivity (Wildman–Crippen MR) is 60.9 cm³/mol. The van der Waals surface area contributed by atoms with Gasteiger partial charge in [0.2, 0.25) is 0 Å². The van der Waals surface area contributed by atoms with Gasteiger partial charge in [0.15, 0.2) is 5.13 Å². The second-order valence-corrected chi connectivity index (χ2v) is 5.55. The molecule has 2 N–H and O–H groups in total. The fourth-order valence-corrected chi connectivity index (χ4v) is 2.76. The van der Waals surface area contributed by atoms with Crippen LogP contribution in [0.15, 0.2) is 23.1 Å². The number of aromatic nitrogens is 1. The van der Waals surface area contributed by atoms with E-state index in [1.54, 1.807) is 0 Å². The van der Waals surface area contributed by atoms with E-state index in [9.17, 15) is 22.0 Å². The number of nitrogen functional groups attached to an aromatic ring is 1. The summed E-state index contributed by atoms with van der Waals surface area (Å²) in [4.78, 5) is 3.69. The molecule has 0 amide bonds. The van der Waals surface area contributed by atoms with Crippen molar-refractivity contribution in [3.05, 3.63) is 18.2 Å². The fourth-order valence-electron chi connectivity index (χ4n) is 1.19. The number of hydrogen-bond donors (Lipinski definition) is 1. The van der Waals surface area contributed by atoms with Crippen LogP contribution in [0, 0.1) is 0 Å². The molecule has 0 radical (unpaired) electrons. The van der Waals surface area contributed by atoms with E-state index >= 15 is 0 Å². The van der Waals surface area contributed by atoms with Crippen molar-refractivity contribution in [2.24, 2.45) is 0 Å². The normalized spacial score (nSPS) is 13.2. The zero-order valence-electron chi connectivity index (χ0n) is 8.46. The monoisotopic (exact) mass is 300 g/mol. The summed E-state index contributed by atoms with van der Waals surface area (Å²) in [5.41, 5.74) is 5.88. The van der Waals surface area contributed by atoms with Gasteiger partial charge in [-0.25, -0.2) is 4.98 Å². The number of alkyl halides is 5. The third-order valence-electron chi connectivity index (χ3n) is 1.95. The van der Waals surface area contributed by atoms with E-state index in [0.29, 0.717) is 10.2 Å². The summed E-state index contributed by atoms with van der Waals surface area (Å²) in [6.45, 7) is 0. The Hall–Kier alpha value is -1.09. The van der Waals surface area contributed by atoms with Gasteiger partial charge in [0.25, 0.3) is 0 Å². The van der Waals surface area contributed by atoms with Gasteiger partial charge in [-0.3, -0.25) is 0 Å². The van der Waals surface area contributed by atoms with Crippen molar-refractivity contribution in [3.8, 4) is 0 Å². The molecule has 1 heterocycles. The third kappa shape index (κ3) is 2.51. The van der Waals surface area contributed by atoms with Crippen LogP contribution in [0.3, 0.4) is 0 Å². The molecule has 0 atom stereocenters. The molecular formula is C9H5F5N2S2. The Morgan fingerprint density at radius 2 is 1.83 bits per heavy atom. The Balaban J connectivity index is 2.32. The molecule has 1 aromatic carbocycles. The maximum absolute atomic E-state index is 12.8. The number of anilines is 1. The summed E-state index contributed by atoms with van der Waals surface area (Å²) in [6, 6.07) is 3.73. The number of hydrogen-bond acceptors (Lipinski definition) is 4. The summed E-state index contributed by atoms with van der Waals surface area (Å²) in [5, 5.41) is -4.59. The van der Waals surface area contributed by atoms with Crippen LogP contribution in [0.5, 0.6) is 0 Å². The van der Waals surface area contributed by atoms with Crippen LogP contribution in [0.2, 0.25) is 0 Å². The molecule has 0 aliphatic heterocycles. The number of thiazole rings is 1. The van der Waals surface area contributed by atoms with Crippen molar-refractivity contribution in [1.29, 1.82) is 0 Å². The molecule has 0 saturated carbocycles. The zero-order valence-corrected chi connectivity index (χ0v) is 10.1. The van der Waals surface area contributed by atoms with E-state index in [0.717, 1.165) is 17.4 Å². The maximum Gasteiger partial charge on any atom is 0.464 e. The zero-order chi connectivity index (χ0) is 13.6. The minimum absolute atomic E-state index is 0.187. The highest BCUT2D eigenvalue weighted by molar-refractivity contribution is 8.00. The smallest absolute Gasteiger partial charge is 0.375 e. The number of benzene rings is 1. The summed E-state index contributed by atoms with van der Waals surface area (Å²) < 4.78 is 62.2. The second-order valence-electron chi connectivity index (χ2n) is 3.30. The number of rotatable bonds is 2. The minimum atomic E-state index is -5.58. The van der Waals surface area contributed by atoms with Crippen molar-refractivity contribution in [3.63, 3.8) is 0 Å². The minimum Gasteiger partial charge on any atom is -0.375 e. The van der Waals surface area contributed by atoms with Crippen molar-refractivity contribution in [1.82, 2.24) is 4.98 Å². The van der Waals surface area contributed by atoms with Crippen LogP contribution >= 0.6 is 23.1 Å². The first-order valence-corrected chi connectivity index (χ1v) is 6.12. The Morgan fingerprint density at radius 3 is 2.44 bits per heavy atom. The Kier molecular flexibility index (Phi) is 3.14. The van der Waals surface area contributed by atoms with Gasteiger partial charge in [0.1, 0.15) is 0 Å². The average Bonchev–Trinajstić information content (AvgIpc) is 2.54. The number of thioether (sulfide) groups is 1. The molecule has 0 bridgehead atoms. The number of fused-ring (bicyclic) bond motifs is 1. The van der Waals surface area contributed by atoms with E-state index in [1.165, 1.54) is 12.1 Å². The van der Waals surface area contributed by atoms with Crippen LogP contribution in [0.1, 0.15) is 0 Å².